The lowest BCUT2D eigenvalue weighted by atomic mass is 10.2. The average Bonchev–Trinajstić information content (AvgIpc) is 2.72. The zero-order chi connectivity index (χ0) is 21.0. The first-order valence-electron chi connectivity index (χ1n) is 9.33. The van der Waals surface area contributed by atoms with E-state index in [4.69, 9.17) is 21.1 Å². The van der Waals surface area contributed by atoms with Gasteiger partial charge in [0.15, 0.2) is 11.5 Å². The van der Waals surface area contributed by atoms with E-state index in [0.717, 1.165) is 0 Å². The van der Waals surface area contributed by atoms with Crippen LogP contribution in [0.4, 0.5) is 0 Å². The molecule has 0 aromatic heterocycles. The van der Waals surface area contributed by atoms with Crippen LogP contribution in [0.3, 0.4) is 0 Å². The van der Waals surface area contributed by atoms with E-state index >= 15 is 0 Å². The molecule has 2 aromatic rings. The van der Waals surface area contributed by atoms with Gasteiger partial charge in [-0.15, -0.1) is 0 Å². The quantitative estimate of drug-likeness (QED) is 0.718. The van der Waals surface area contributed by atoms with Gasteiger partial charge in [-0.1, -0.05) is 37.6 Å². The number of hydrogen-bond acceptors (Lipinski definition) is 5. The number of sulfonamides is 1. The van der Waals surface area contributed by atoms with Crippen LogP contribution in [-0.4, -0.2) is 51.0 Å². The number of carbonyl (C=O) groups excluding carboxylic acids is 1. The molecule has 3 rings (SSSR count). The summed E-state index contributed by atoms with van der Waals surface area (Å²) in [5.74, 6) is 0.796. The van der Waals surface area contributed by atoms with Crippen LogP contribution < -0.4 is 14.8 Å². The Kier molecular flexibility index (Phi) is 6.66. The lowest BCUT2D eigenvalue weighted by Gasteiger charge is -2.26. The summed E-state index contributed by atoms with van der Waals surface area (Å²) in [6, 6.07) is 11.4. The van der Waals surface area contributed by atoms with Crippen molar-refractivity contribution in [2.45, 2.75) is 24.8 Å². The van der Waals surface area contributed by atoms with Crippen LogP contribution in [0.5, 0.6) is 11.5 Å². The zero-order valence-electron chi connectivity index (χ0n) is 16.2. The fraction of sp³-hybridized carbons (Fsp3) is 0.350. The van der Waals surface area contributed by atoms with E-state index in [1.165, 1.54) is 22.5 Å². The Hall–Kier alpha value is -2.29. The minimum atomic E-state index is -3.69. The predicted octanol–water partition coefficient (Wildman–Crippen LogP) is 2.94. The second-order valence-electron chi connectivity index (χ2n) is 6.44. The number of fused-ring (bicyclic) bond motifs is 1. The molecule has 0 fully saturated rings. The molecule has 0 saturated carbocycles. The van der Waals surface area contributed by atoms with Gasteiger partial charge in [0.05, 0.1) is 22.0 Å². The molecule has 0 bridgehead atoms. The van der Waals surface area contributed by atoms with Gasteiger partial charge in [-0.3, -0.25) is 4.79 Å². The molecular formula is C20H23ClN2O5S. The van der Waals surface area contributed by atoms with Gasteiger partial charge in [-0.05, 0) is 30.3 Å². The third kappa shape index (κ3) is 4.66. The zero-order valence-corrected chi connectivity index (χ0v) is 17.8. The second kappa shape index (κ2) is 9.02. The third-order valence-electron chi connectivity index (χ3n) is 4.58. The lowest BCUT2D eigenvalue weighted by molar-refractivity contribution is 0.0789. The number of benzene rings is 2. The van der Waals surface area contributed by atoms with Gasteiger partial charge < -0.3 is 14.8 Å². The van der Waals surface area contributed by atoms with E-state index in [1.807, 2.05) is 18.2 Å². The van der Waals surface area contributed by atoms with E-state index in [-0.39, 0.29) is 28.1 Å². The van der Waals surface area contributed by atoms with Crippen LogP contribution >= 0.6 is 11.6 Å². The molecule has 1 N–H and O–H groups in total. The summed E-state index contributed by atoms with van der Waals surface area (Å²) in [5.41, 5.74) is 0.0945. The van der Waals surface area contributed by atoms with Gasteiger partial charge in [0.2, 0.25) is 10.0 Å². The molecule has 156 valence electrons. The molecule has 0 aliphatic carbocycles. The molecule has 1 aliphatic rings. The van der Waals surface area contributed by atoms with Crippen molar-refractivity contribution in [2.24, 2.45) is 0 Å². The molecule has 9 heteroatoms. The molecule has 2 aromatic carbocycles. The normalized spacial score (nSPS) is 15.9. The fourth-order valence-electron chi connectivity index (χ4n) is 3.02. The summed E-state index contributed by atoms with van der Waals surface area (Å²) in [6.07, 6.45) is -0.366. The largest absolute Gasteiger partial charge is 0.486 e. The highest BCUT2D eigenvalue weighted by Gasteiger charge is 2.25. The smallest absolute Gasteiger partial charge is 0.252 e. The molecule has 0 unspecified atom stereocenters. The van der Waals surface area contributed by atoms with Crippen molar-refractivity contribution in [3.05, 3.63) is 53.1 Å². The van der Waals surface area contributed by atoms with Crippen molar-refractivity contribution in [1.82, 2.24) is 9.62 Å². The fourth-order valence-corrected chi connectivity index (χ4v) is 4.71. The highest BCUT2D eigenvalue weighted by molar-refractivity contribution is 7.89. The average molecular weight is 439 g/mol. The maximum absolute atomic E-state index is 12.7. The van der Waals surface area contributed by atoms with Crippen molar-refractivity contribution in [3.63, 3.8) is 0 Å². The Labute approximate surface area is 175 Å². The molecule has 1 aliphatic heterocycles. The number of ether oxygens (including phenoxy) is 2. The third-order valence-corrected chi connectivity index (χ3v) is 6.96. The van der Waals surface area contributed by atoms with Gasteiger partial charge >= 0.3 is 0 Å². The van der Waals surface area contributed by atoms with Crippen molar-refractivity contribution in [3.8, 4) is 11.5 Å². The van der Waals surface area contributed by atoms with Crippen LogP contribution in [0.15, 0.2) is 47.4 Å². The number of halogens is 1. The molecular weight excluding hydrogens is 416 g/mol. The molecule has 7 nitrogen and oxygen atoms in total. The van der Waals surface area contributed by atoms with E-state index in [0.29, 0.717) is 31.2 Å². The van der Waals surface area contributed by atoms with Crippen LogP contribution in [0.2, 0.25) is 5.02 Å². The van der Waals surface area contributed by atoms with Gasteiger partial charge in [-0.25, -0.2) is 8.42 Å². The number of nitrogens with zero attached hydrogens (tertiary/aromatic N) is 1. The monoisotopic (exact) mass is 438 g/mol. The topological polar surface area (TPSA) is 84.9 Å². The number of hydrogen-bond donors (Lipinski definition) is 1. The highest BCUT2D eigenvalue weighted by Crippen LogP contribution is 2.30. The summed E-state index contributed by atoms with van der Waals surface area (Å²) in [5, 5.41) is 2.91. The number of carbonyl (C=O) groups is 1. The summed E-state index contributed by atoms with van der Waals surface area (Å²) in [4.78, 5) is 12.7. The van der Waals surface area contributed by atoms with Crippen molar-refractivity contribution >= 4 is 27.5 Å². The van der Waals surface area contributed by atoms with Crippen molar-refractivity contribution in [2.75, 3.05) is 26.2 Å². The minimum absolute atomic E-state index is 0.0296. The number of nitrogens with one attached hydrogen (secondary N) is 1. The molecule has 1 atom stereocenters. The van der Waals surface area contributed by atoms with Gasteiger partial charge in [0.1, 0.15) is 12.7 Å². The molecule has 1 amide bonds. The van der Waals surface area contributed by atoms with Crippen LogP contribution in [0.1, 0.15) is 24.2 Å². The Morgan fingerprint density at radius 2 is 1.86 bits per heavy atom. The maximum atomic E-state index is 12.7. The van der Waals surface area contributed by atoms with Crippen LogP contribution in [0.25, 0.3) is 0 Å². The first-order valence-corrected chi connectivity index (χ1v) is 11.1. The summed E-state index contributed by atoms with van der Waals surface area (Å²) < 4.78 is 38.2. The lowest BCUT2D eigenvalue weighted by Crippen LogP contribution is -2.40. The molecule has 0 radical (unpaired) electrons. The Morgan fingerprint density at radius 3 is 2.55 bits per heavy atom. The summed E-state index contributed by atoms with van der Waals surface area (Å²) in [6.45, 7) is 4.68. The number of para-hydroxylation sites is 2. The Balaban J connectivity index is 1.71. The predicted molar refractivity (Wildman–Crippen MR) is 110 cm³/mol. The van der Waals surface area contributed by atoms with E-state index < -0.39 is 15.9 Å². The SMILES string of the molecule is CCN(CC)S(=O)(=O)c1ccc(Cl)c(C(=O)NC[C@H]2COc3ccccc3O2)c1. The maximum Gasteiger partial charge on any atom is 0.252 e. The molecule has 0 spiro atoms. The van der Waals surface area contributed by atoms with Crippen molar-refractivity contribution in [1.29, 1.82) is 0 Å². The Bertz CT molecular complexity index is 992. The van der Waals surface area contributed by atoms with Gasteiger partial charge in [-0.2, -0.15) is 4.31 Å². The van der Waals surface area contributed by atoms with Crippen molar-refractivity contribution < 1.29 is 22.7 Å². The minimum Gasteiger partial charge on any atom is -0.486 e. The molecule has 29 heavy (non-hydrogen) atoms. The molecule has 0 saturated heterocycles. The van der Waals surface area contributed by atoms with Crippen LogP contribution in [-0.2, 0) is 10.0 Å². The van der Waals surface area contributed by atoms with E-state index in [2.05, 4.69) is 5.32 Å². The van der Waals surface area contributed by atoms with E-state index in [1.54, 1.807) is 19.9 Å². The van der Waals surface area contributed by atoms with Gasteiger partial charge in [0, 0.05) is 13.1 Å². The second-order valence-corrected chi connectivity index (χ2v) is 8.78. The van der Waals surface area contributed by atoms with E-state index in [9.17, 15) is 13.2 Å². The first kappa shape index (κ1) is 21.4. The summed E-state index contributed by atoms with van der Waals surface area (Å²) in [7, 11) is -3.69. The molecule has 1 heterocycles. The Morgan fingerprint density at radius 1 is 1.17 bits per heavy atom. The van der Waals surface area contributed by atoms with Crippen LogP contribution in [0, 0.1) is 0 Å². The highest BCUT2D eigenvalue weighted by atomic mass is 35.5. The first-order chi connectivity index (χ1) is 13.9. The number of amides is 1. The summed E-state index contributed by atoms with van der Waals surface area (Å²) >= 11 is 6.15. The number of rotatable bonds is 7. The van der Waals surface area contributed by atoms with Gasteiger partial charge in [0.25, 0.3) is 5.91 Å². The standard InChI is InChI=1S/C20H23ClN2O5S/c1-3-23(4-2)29(25,26)15-9-10-17(21)16(11-15)20(24)22-12-14-13-27-18-7-5-6-8-19(18)28-14/h5-11,14H,3-4,12-13H2,1-2H3,(H,22,24)/t14-/m0/s1.